The van der Waals surface area contributed by atoms with Crippen LogP contribution in [0, 0.1) is 20.4 Å². The first-order chi connectivity index (χ1) is 11.1. The van der Waals surface area contributed by atoms with Gasteiger partial charge in [0.15, 0.2) is 11.5 Å². The molecule has 0 bridgehead atoms. The average Bonchev–Trinajstić information content (AvgIpc) is 2.85. The lowest BCUT2D eigenvalue weighted by atomic mass is 10.1. The van der Waals surface area contributed by atoms with E-state index in [1.54, 1.807) is 12.1 Å². The van der Waals surface area contributed by atoms with Gasteiger partial charge in [-0.2, -0.15) is 0 Å². The predicted octanol–water partition coefficient (Wildman–Crippen LogP) is 5.22. The maximum absolute atomic E-state index is 12.3. The van der Waals surface area contributed by atoms with Crippen molar-refractivity contribution in [3.05, 3.63) is 70.7 Å². The number of Topliss-reactive ketones (excluding diaryl/α,β-unsaturated/α-hetero) is 1. The summed E-state index contributed by atoms with van der Waals surface area (Å²) < 4.78 is 2.05. The van der Waals surface area contributed by atoms with Crippen molar-refractivity contribution in [1.29, 1.82) is 0 Å². The monoisotopic (exact) mass is 322 g/mol. The van der Waals surface area contributed by atoms with Crippen LogP contribution in [0.15, 0.2) is 42.5 Å². The Morgan fingerprint density at radius 2 is 1.87 bits per heavy atom. The second-order valence-electron chi connectivity index (χ2n) is 5.50. The molecule has 0 aliphatic carbocycles. The van der Waals surface area contributed by atoms with E-state index in [9.17, 15) is 4.79 Å². The van der Waals surface area contributed by atoms with Gasteiger partial charge in [-0.05, 0) is 37.6 Å². The first-order valence-corrected chi connectivity index (χ1v) is 7.79. The van der Waals surface area contributed by atoms with Crippen LogP contribution in [-0.4, -0.2) is 16.2 Å². The van der Waals surface area contributed by atoms with E-state index in [4.69, 9.17) is 18.2 Å². The Balaban J connectivity index is 2.35. The highest BCUT2D eigenvalue weighted by atomic mass is 35.5. The molecule has 0 fully saturated rings. The highest BCUT2D eigenvalue weighted by molar-refractivity contribution is 6.32. The van der Waals surface area contributed by atoms with E-state index in [2.05, 4.69) is 15.5 Å². The number of aromatic nitrogens is 1. The number of hydrogen-bond acceptors (Lipinski definition) is 1. The van der Waals surface area contributed by atoms with Gasteiger partial charge in [-0.25, -0.2) is 4.85 Å². The molecule has 0 saturated carbocycles. The molecule has 0 aliphatic heterocycles. The fourth-order valence-corrected chi connectivity index (χ4v) is 3.09. The Morgan fingerprint density at radius 1 is 1.17 bits per heavy atom. The van der Waals surface area contributed by atoms with Gasteiger partial charge >= 0.3 is 0 Å². The Kier molecular flexibility index (Phi) is 3.94. The van der Waals surface area contributed by atoms with Crippen LogP contribution in [0.25, 0.3) is 21.4 Å². The quantitative estimate of drug-likeness (QED) is 0.369. The highest BCUT2D eigenvalue weighted by Crippen LogP contribution is 2.31. The van der Waals surface area contributed by atoms with E-state index in [0.29, 0.717) is 11.3 Å². The van der Waals surface area contributed by atoms with Crippen LogP contribution in [0.3, 0.4) is 0 Å². The average molecular weight is 323 g/mol. The van der Waals surface area contributed by atoms with E-state index in [1.807, 2.05) is 38.1 Å². The molecule has 2 aromatic carbocycles. The lowest BCUT2D eigenvalue weighted by Gasteiger charge is -2.09. The zero-order valence-corrected chi connectivity index (χ0v) is 13.7. The summed E-state index contributed by atoms with van der Waals surface area (Å²) >= 11 is 5.79. The number of aryl methyl sites for hydroxylation is 1. The maximum atomic E-state index is 12.3. The molecule has 0 amide bonds. The molecule has 23 heavy (non-hydrogen) atoms. The van der Waals surface area contributed by atoms with Crippen LogP contribution in [0.4, 0.5) is 5.69 Å². The summed E-state index contributed by atoms with van der Waals surface area (Å²) in [5, 5.41) is 0.910. The highest BCUT2D eigenvalue weighted by Gasteiger charge is 2.20. The summed E-state index contributed by atoms with van der Waals surface area (Å²) in [7, 11) is 0. The van der Waals surface area contributed by atoms with Crippen LogP contribution >= 0.6 is 11.6 Å². The normalized spacial score (nSPS) is 10.7. The number of rotatable bonds is 3. The van der Waals surface area contributed by atoms with Gasteiger partial charge in [0.2, 0.25) is 0 Å². The van der Waals surface area contributed by atoms with Crippen LogP contribution in [0.5, 0.6) is 0 Å². The van der Waals surface area contributed by atoms with E-state index in [0.717, 1.165) is 27.8 Å². The minimum Gasteiger partial charge on any atom is -0.313 e. The minimum absolute atomic E-state index is 0.0372. The van der Waals surface area contributed by atoms with Crippen molar-refractivity contribution >= 4 is 34.0 Å². The van der Waals surface area contributed by atoms with Crippen molar-refractivity contribution in [1.82, 2.24) is 4.57 Å². The van der Waals surface area contributed by atoms with Crippen molar-refractivity contribution in [2.45, 2.75) is 13.8 Å². The molecule has 3 aromatic rings. The van der Waals surface area contributed by atoms with Gasteiger partial charge in [0.1, 0.15) is 0 Å². The second-order valence-corrected chi connectivity index (χ2v) is 5.77. The largest absolute Gasteiger partial charge is 0.313 e. The lowest BCUT2D eigenvalue weighted by molar-refractivity contribution is 0.102. The van der Waals surface area contributed by atoms with Gasteiger partial charge in [-0.3, -0.25) is 4.79 Å². The number of ketones is 1. The van der Waals surface area contributed by atoms with Crippen molar-refractivity contribution in [2.24, 2.45) is 0 Å². The molecule has 1 aromatic heterocycles. The van der Waals surface area contributed by atoms with Crippen molar-refractivity contribution in [3.63, 3.8) is 0 Å². The van der Waals surface area contributed by atoms with Gasteiger partial charge in [-0.1, -0.05) is 24.3 Å². The molecule has 0 radical (unpaired) electrons. The van der Waals surface area contributed by atoms with Crippen molar-refractivity contribution in [2.75, 3.05) is 5.88 Å². The van der Waals surface area contributed by atoms with E-state index >= 15 is 0 Å². The molecule has 4 heteroatoms. The number of alkyl halides is 1. The Morgan fingerprint density at radius 3 is 2.48 bits per heavy atom. The summed E-state index contributed by atoms with van der Waals surface area (Å²) in [4.78, 5) is 15.7. The SMILES string of the molecule is [C-]#[N+]c1ccc(-n2c(C)c(C(=O)CCl)c3ccc(C)cc32)cc1. The van der Waals surface area contributed by atoms with Crippen LogP contribution in [0.1, 0.15) is 21.6 Å². The van der Waals surface area contributed by atoms with Crippen LogP contribution in [0.2, 0.25) is 0 Å². The number of halogens is 1. The summed E-state index contributed by atoms with van der Waals surface area (Å²) in [6.07, 6.45) is 0. The molecule has 3 rings (SSSR count). The van der Waals surface area contributed by atoms with Gasteiger partial charge in [0, 0.05) is 22.3 Å². The standard InChI is InChI=1S/C19H15ClN2O/c1-12-4-9-16-17(10-12)22(13(2)19(16)18(23)11-20)15-7-5-14(21-3)6-8-15/h4-10H,11H2,1-2H3. The van der Waals surface area contributed by atoms with Crippen molar-refractivity contribution < 1.29 is 4.79 Å². The Hall–Kier alpha value is -2.57. The number of fused-ring (bicyclic) bond motifs is 1. The van der Waals surface area contributed by atoms with E-state index in [1.165, 1.54) is 0 Å². The summed E-state index contributed by atoms with van der Waals surface area (Å²) in [5.74, 6) is -0.112. The zero-order chi connectivity index (χ0) is 16.6. The van der Waals surface area contributed by atoms with E-state index < -0.39 is 0 Å². The minimum atomic E-state index is -0.0745. The van der Waals surface area contributed by atoms with Gasteiger partial charge in [-0.15, -0.1) is 11.6 Å². The molecule has 114 valence electrons. The second kappa shape index (κ2) is 5.91. The van der Waals surface area contributed by atoms with Gasteiger partial charge in [0.05, 0.1) is 18.0 Å². The van der Waals surface area contributed by atoms with Gasteiger partial charge < -0.3 is 4.57 Å². The van der Waals surface area contributed by atoms with E-state index in [-0.39, 0.29) is 11.7 Å². The predicted molar refractivity (Wildman–Crippen MR) is 94.1 cm³/mol. The number of nitrogens with zero attached hydrogens (tertiary/aromatic N) is 2. The fraction of sp³-hybridized carbons (Fsp3) is 0.158. The lowest BCUT2D eigenvalue weighted by Crippen LogP contribution is -2.03. The van der Waals surface area contributed by atoms with Crippen LogP contribution < -0.4 is 0 Å². The Bertz CT molecular complexity index is 946. The maximum Gasteiger partial charge on any atom is 0.187 e. The molecule has 0 spiro atoms. The third-order valence-corrected chi connectivity index (χ3v) is 4.24. The number of hydrogen-bond donors (Lipinski definition) is 0. The summed E-state index contributed by atoms with van der Waals surface area (Å²) in [6.45, 7) is 11.0. The molecule has 0 saturated heterocycles. The number of carbonyl (C=O) groups excluding carboxylic acids is 1. The molecule has 1 heterocycles. The molecule has 0 N–H and O–H groups in total. The number of benzene rings is 2. The Labute approximate surface area is 139 Å². The topological polar surface area (TPSA) is 26.4 Å². The van der Waals surface area contributed by atoms with Crippen molar-refractivity contribution in [3.8, 4) is 5.69 Å². The molecule has 0 aliphatic rings. The number of carbonyl (C=O) groups is 1. The third kappa shape index (κ3) is 2.52. The molecular formula is C19H15ClN2O. The smallest absolute Gasteiger partial charge is 0.187 e. The first kappa shape index (κ1) is 15.3. The molecular weight excluding hydrogens is 308 g/mol. The van der Waals surface area contributed by atoms with Gasteiger partial charge in [0.25, 0.3) is 0 Å². The third-order valence-electron chi connectivity index (χ3n) is 4.00. The zero-order valence-electron chi connectivity index (χ0n) is 12.9. The fourth-order valence-electron chi connectivity index (χ4n) is 2.95. The van der Waals surface area contributed by atoms with Crippen LogP contribution in [-0.2, 0) is 0 Å². The molecule has 0 unspecified atom stereocenters. The molecule has 3 nitrogen and oxygen atoms in total. The molecule has 0 atom stereocenters. The summed E-state index contributed by atoms with van der Waals surface area (Å²) in [6, 6.07) is 13.4. The first-order valence-electron chi connectivity index (χ1n) is 7.25. The summed E-state index contributed by atoms with van der Waals surface area (Å²) in [5.41, 5.74) is 5.16.